The molecule has 0 radical (unpaired) electrons. The summed E-state index contributed by atoms with van der Waals surface area (Å²) in [6, 6.07) is 5.89. The Kier molecular flexibility index (Phi) is 7.11. The highest BCUT2D eigenvalue weighted by Crippen LogP contribution is 2.25. The monoisotopic (exact) mass is 320 g/mol. The van der Waals surface area contributed by atoms with E-state index in [4.69, 9.17) is 4.74 Å². The van der Waals surface area contributed by atoms with Crippen LogP contribution in [0.1, 0.15) is 71.4 Å². The molecule has 0 aromatic heterocycles. The third-order valence-electron chi connectivity index (χ3n) is 4.04. The van der Waals surface area contributed by atoms with Crippen LogP contribution in [0.15, 0.2) is 18.2 Å². The van der Waals surface area contributed by atoms with E-state index in [-0.39, 0.29) is 0 Å². The molecule has 0 spiro atoms. The highest BCUT2D eigenvalue weighted by molar-refractivity contribution is 5.38. The number of benzene rings is 1. The van der Waals surface area contributed by atoms with Gasteiger partial charge in [0.25, 0.3) is 6.47 Å². The molecule has 0 aliphatic carbocycles. The quantitative estimate of drug-likeness (QED) is 0.649. The largest absolute Gasteiger partial charge is 0.508 e. The van der Waals surface area contributed by atoms with Crippen molar-refractivity contribution in [3.05, 3.63) is 29.3 Å². The zero-order valence-electron chi connectivity index (χ0n) is 15.3. The van der Waals surface area contributed by atoms with Crippen molar-refractivity contribution in [2.24, 2.45) is 5.41 Å². The molecule has 0 unspecified atom stereocenters. The average Bonchev–Trinajstić information content (AvgIpc) is 2.36. The molecule has 0 heterocycles. The van der Waals surface area contributed by atoms with Crippen molar-refractivity contribution < 1.29 is 14.6 Å². The maximum atomic E-state index is 10.5. The van der Waals surface area contributed by atoms with E-state index in [1.165, 1.54) is 12.0 Å². The van der Waals surface area contributed by atoms with Gasteiger partial charge in [0, 0.05) is 0 Å². The second-order valence-electron chi connectivity index (χ2n) is 8.25. The molecule has 0 bridgehead atoms. The second-order valence-corrected chi connectivity index (χ2v) is 8.25. The van der Waals surface area contributed by atoms with E-state index in [9.17, 15) is 9.90 Å². The molecule has 0 saturated carbocycles. The Hall–Kier alpha value is -1.51. The van der Waals surface area contributed by atoms with Crippen LogP contribution in [0, 0.1) is 5.41 Å². The van der Waals surface area contributed by atoms with Crippen molar-refractivity contribution in [1.82, 2.24) is 0 Å². The van der Waals surface area contributed by atoms with Gasteiger partial charge in [-0.1, -0.05) is 26.8 Å². The summed E-state index contributed by atoms with van der Waals surface area (Å²) in [6.45, 7) is 11.1. The van der Waals surface area contributed by atoms with Crippen molar-refractivity contribution in [2.45, 2.75) is 78.7 Å². The molecule has 0 fully saturated rings. The first-order valence-electron chi connectivity index (χ1n) is 8.55. The summed E-state index contributed by atoms with van der Waals surface area (Å²) in [7, 11) is 0. The summed E-state index contributed by atoms with van der Waals surface area (Å²) in [5.41, 5.74) is 2.28. The van der Waals surface area contributed by atoms with Gasteiger partial charge in [-0.25, -0.2) is 0 Å². The van der Waals surface area contributed by atoms with E-state index in [1.807, 2.05) is 26.0 Å². The lowest BCUT2D eigenvalue weighted by molar-refractivity contribution is -0.140. The first kappa shape index (κ1) is 19.5. The van der Waals surface area contributed by atoms with Gasteiger partial charge in [0.2, 0.25) is 0 Å². The van der Waals surface area contributed by atoms with Crippen LogP contribution in [0.3, 0.4) is 0 Å². The molecule has 0 amide bonds. The van der Waals surface area contributed by atoms with Crippen molar-refractivity contribution in [3.8, 4) is 5.75 Å². The summed E-state index contributed by atoms with van der Waals surface area (Å²) in [4.78, 5) is 10.5. The highest BCUT2D eigenvalue weighted by Gasteiger charge is 2.18. The van der Waals surface area contributed by atoms with Crippen LogP contribution >= 0.6 is 0 Å². The van der Waals surface area contributed by atoms with Crippen molar-refractivity contribution in [2.75, 3.05) is 0 Å². The fourth-order valence-electron chi connectivity index (χ4n) is 2.76. The minimum Gasteiger partial charge on any atom is -0.508 e. The van der Waals surface area contributed by atoms with Gasteiger partial charge in [-0.15, -0.1) is 0 Å². The summed E-state index contributed by atoms with van der Waals surface area (Å²) in [6.07, 6.45) is 5.92. The number of carbonyl (C=O) groups excluding carboxylic acids is 1. The van der Waals surface area contributed by atoms with Crippen LogP contribution in [0.25, 0.3) is 0 Å². The summed E-state index contributed by atoms with van der Waals surface area (Å²) in [5, 5.41) is 9.93. The number of carbonyl (C=O) groups is 1. The summed E-state index contributed by atoms with van der Waals surface area (Å²) >= 11 is 0. The van der Waals surface area contributed by atoms with E-state index in [2.05, 4.69) is 26.8 Å². The minimum absolute atomic E-state index is 0.344. The SMILES string of the molecule is CC(C)(C)CCCc1cc(O)cc(CCCC(C)(C)OC=O)c1. The molecule has 0 atom stereocenters. The first-order valence-corrected chi connectivity index (χ1v) is 8.55. The molecule has 0 aliphatic heterocycles. The third kappa shape index (κ3) is 8.63. The Balaban J connectivity index is 2.55. The molecule has 0 saturated heterocycles. The Labute approximate surface area is 141 Å². The van der Waals surface area contributed by atoms with Crippen LogP contribution in [0.2, 0.25) is 0 Å². The van der Waals surface area contributed by atoms with E-state index >= 15 is 0 Å². The number of rotatable bonds is 9. The molecular formula is C20H32O3. The van der Waals surface area contributed by atoms with Gasteiger partial charge in [0.05, 0.1) is 0 Å². The lowest BCUT2D eigenvalue weighted by Crippen LogP contribution is -2.23. The van der Waals surface area contributed by atoms with Gasteiger partial charge in [0.1, 0.15) is 11.4 Å². The van der Waals surface area contributed by atoms with Gasteiger partial charge in [-0.2, -0.15) is 0 Å². The molecule has 130 valence electrons. The summed E-state index contributed by atoms with van der Waals surface area (Å²) in [5.74, 6) is 0.344. The Morgan fingerprint density at radius 2 is 1.48 bits per heavy atom. The number of phenolic OH excluding ortho intramolecular Hbond substituents is 1. The van der Waals surface area contributed by atoms with Crippen LogP contribution in [-0.4, -0.2) is 17.2 Å². The molecule has 23 heavy (non-hydrogen) atoms. The normalized spacial score (nSPS) is 12.2. The molecule has 1 N–H and O–H groups in total. The number of ether oxygens (including phenoxy) is 1. The Bertz CT molecular complexity index is 498. The Morgan fingerprint density at radius 1 is 0.957 bits per heavy atom. The number of phenols is 1. The van der Waals surface area contributed by atoms with Gasteiger partial charge in [-0.3, -0.25) is 4.79 Å². The number of aryl methyl sites for hydroxylation is 2. The first-order chi connectivity index (χ1) is 10.6. The molecular weight excluding hydrogens is 288 g/mol. The van der Waals surface area contributed by atoms with Gasteiger partial charge < -0.3 is 9.84 Å². The van der Waals surface area contributed by atoms with Crippen LogP contribution in [0.4, 0.5) is 0 Å². The predicted molar refractivity (Wildman–Crippen MR) is 94.7 cm³/mol. The maximum Gasteiger partial charge on any atom is 0.293 e. The zero-order valence-corrected chi connectivity index (χ0v) is 15.3. The molecule has 0 aliphatic rings. The van der Waals surface area contributed by atoms with Crippen molar-refractivity contribution in [1.29, 1.82) is 0 Å². The lowest BCUT2D eigenvalue weighted by Gasteiger charge is -2.22. The lowest BCUT2D eigenvalue weighted by atomic mass is 9.88. The van der Waals surface area contributed by atoms with E-state index in [1.54, 1.807) is 0 Å². The molecule has 1 rings (SSSR count). The van der Waals surface area contributed by atoms with Crippen LogP contribution in [0.5, 0.6) is 5.75 Å². The van der Waals surface area contributed by atoms with Crippen molar-refractivity contribution >= 4 is 6.47 Å². The summed E-state index contributed by atoms with van der Waals surface area (Å²) < 4.78 is 5.07. The minimum atomic E-state index is -0.423. The maximum absolute atomic E-state index is 10.5. The van der Waals surface area contributed by atoms with Crippen LogP contribution < -0.4 is 0 Å². The number of hydrogen-bond donors (Lipinski definition) is 1. The smallest absolute Gasteiger partial charge is 0.293 e. The second kappa shape index (κ2) is 8.37. The molecule has 3 heteroatoms. The standard InChI is InChI=1S/C20H32O3/c1-19(2,3)10-6-8-16-12-17(14-18(22)13-16)9-7-11-20(4,5)23-15-21/h12-15,22H,6-11H2,1-5H3. The third-order valence-corrected chi connectivity index (χ3v) is 4.04. The van der Waals surface area contributed by atoms with Gasteiger partial charge in [0.15, 0.2) is 0 Å². The zero-order chi connectivity index (χ0) is 17.5. The fourth-order valence-corrected chi connectivity index (χ4v) is 2.76. The van der Waals surface area contributed by atoms with Gasteiger partial charge in [-0.05, 0) is 81.0 Å². The fraction of sp³-hybridized carbons (Fsp3) is 0.650. The topological polar surface area (TPSA) is 46.5 Å². The van der Waals surface area contributed by atoms with Gasteiger partial charge >= 0.3 is 0 Å². The predicted octanol–water partition coefficient (Wildman–Crippen LogP) is 5.04. The molecule has 1 aromatic carbocycles. The molecule has 3 nitrogen and oxygen atoms in total. The molecule has 1 aromatic rings. The Morgan fingerprint density at radius 3 is 1.96 bits per heavy atom. The number of aromatic hydroxyl groups is 1. The highest BCUT2D eigenvalue weighted by atomic mass is 16.5. The van der Waals surface area contributed by atoms with E-state index in [0.717, 1.165) is 37.7 Å². The number of hydrogen-bond acceptors (Lipinski definition) is 3. The van der Waals surface area contributed by atoms with E-state index < -0.39 is 5.60 Å². The average molecular weight is 320 g/mol. The van der Waals surface area contributed by atoms with Crippen molar-refractivity contribution in [3.63, 3.8) is 0 Å². The van der Waals surface area contributed by atoms with Crippen LogP contribution in [-0.2, 0) is 22.4 Å². The van der Waals surface area contributed by atoms with E-state index in [0.29, 0.717) is 17.6 Å².